The number of aromatic nitrogens is 1. The molecule has 0 radical (unpaired) electrons. The summed E-state index contributed by atoms with van der Waals surface area (Å²) in [5, 5.41) is 14.4. The fourth-order valence-corrected chi connectivity index (χ4v) is 1.41. The van der Waals surface area contributed by atoms with Gasteiger partial charge in [-0.15, -0.1) is 0 Å². The van der Waals surface area contributed by atoms with Gasteiger partial charge in [-0.25, -0.2) is 0 Å². The summed E-state index contributed by atoms with van der Waals surface area (Å²) in [6.45, 7) is 3.65. The minimum Gasteiger partial charge on any atom is -0.364 e. The van der Waals surface area contributed by atoms with Gasteiger partial charge in [0.2, 0.25) is 0 Å². The van der Waals surface area contributed by atoms with E-state index < -0.39 is 4.92 Å². The van der Waals surface area contributed by atoms with Crippen LogP contribution >= 0.6 is 0 Å². The van der Waals surface area contributed by atoms with Crippen molar-refractivity contribution in [2.45, 2.75) is 0 Å². The Balaban J connectivity index is 2.61. The number of rotatable bonds is 3. The smallest absolute Gasteiger partial charge is 0.270 e. The molecule has 0 fully saturated rings. The second-order valence-corrected chi connectivity index (χ2v) is 3.12. The monoisotopic (exact) mass is 216 g/mol. The van der Waals surface area contributed by atoms with E-state index in [-0.39, 0.29) is 5.69 Å². The summed E-state index contributed by atoms with van der Waals surface area (Å²) in [5.41, 5.74) is 1.99. The highest BCUT2D eigenvalue weighted by Gasteiger charge is 2.12. The number of nitro groups is 1. The van der Waals surface area contributed by atoms with Gasteiger partial charge in [-0.1, -0.05) is 17.8 Å². The Morgan fingerprint density at radius 1 is 1.44 bits per heavy atom. The summed E-state index contributed by atoms with van der Waals surface area (Å²) in [6.07, 6.45) is 3.04. The van der Waals surface area contributed by atoms with Gasteiger partial charge in [-0.2, -0.15) is 0 Å². The first kappa shape index (κ1) is 10.1. The minimum atomic E-state index is -0.448. The molecule has 0 unspecified atom stereocenters. The fraction of sp³-hybridized carbons (Fsp3) is 0. The zero-order valence-corrected chi connectivity index (χ0v) is 8.29. The molecule has 0 aliphatic heterocycles. The predicted octanol–water partition coefficient (Wildman–Crippen LogP) is 2.89. The molecule has 0 aliphatic carbocycles. The van der Waals surface area contributed by atoms with Gasteiger partial charge in [-0.05, 0) is 11.6 Å². The van der Waals surface area contributed by atoms with Crippen molar-refractivity contribution >= 4 is 11.8 Å². The highest BCUT2D eigenvalue weighted by Crippen LogP contribution is 2.27. The second kappa shape index (κ2) is 3.98. The maximum Gasteiger partial charge on any atom is 0.270 e. The molecule has 2 rings (SSSR count). The van der Waals surface area contributed by atoms with Gasteiger partial charge in [0.1, 0.15) is 12.0 Å². The van der Waals surface area contributed by atoms with Crippen molar-refractivity contribution in [2.24, 2.45) is 0 Å². The molecule has 1 aromatic heterocycles. The zero-order valence-electron chi connectivity index (χ0n) is 8.29. The van der Waals surface area contributed by atoms with Gasteiger partial charge in [0, 0.05) is 23.8 Å². The first-order valence-electron chi connectivity index (χ1n) is 4.54. The van der Waals surface area contributed by atoms with Crippen molar-refractivity contribution in [3.05, 3.63) is 52.8 Å². The quantitative estimate of drug-likeness (QED) is 0.584. The number of non-ortho nitro benzene ring substituents is 1. The molecule has 5 nitrogen and oxygen atoms in total. The number of benzene rings is 1. The highest BCUT2D eigenvalue weighted by atomic mass is 16.6. The van der Waals surface area contributed by atoms with E-state index in [1.54, 1.807) is 18.2 Å². The number of hydrogen-bond donors (Lipinski definition) is 0. The van der Waals surface area contributed by atoms with E-state index in [0.717, 1.165) is 5.56 Å². The molecule has 16 heavy (non-hydrogen) atoms. The Bertz CT molecular complexity index is 532. The zero-order chi connectivity index (χ0) is 11.5. The molecular formula is C11H8N2O3. The van der Waals surface area contributed by atoms with Crippen LogP contribution < -0.4 is 0 Å². The van der Waals surface area contributed by atoms with Crippen LogP contribution in [0.5, 0.6) is 0 Å². The van der Waals surface area contributed by atoms with Crippen molar-refractivity contribution in [3.8, 4) is 11.3 Å². The molecule has 0 N–H and O–H groups in total. The van der Waals surface area contributed by atoms with Crippen LogP contribution in [0.3, 0.4) is 0 Å². The third-order valence-corrected chi connectivity index (χ3v) is 2.18. The van der Waals surface area contributed by atoms with Crippen LogP contribution in [0, 0.1) is 10.1 Å². The SMILES string of the molecule is C=Cc1ccc([N+](=O)[O-])cc1-c1ccon1. The predicted molar refractivity (Wildman–Crippen MR) is 58.7 cm³/mol. The first-order valence-corrected chi connectivity index (χ1v) is 4.54. The number of nitro benzene ring substituents is 1. The average Bonchev–Trinajstić information content (AvgIpc) is 2.81. The van der Waals surface area contributed by atoms with Crippen LogP contribution in [0.4, 0.5) is 5.69 Å². The lowest BCUT2D eigenvalue weighted by Gasteiger charge is -2.01. The molecule has 0 bridgehead atoms. The largest absolute Gasteiger partial charge is 0.364 e. The lowest BCUT2D eigenvalue weighted by Crippen LogP contribution is -1.90. The van der Waals surface area contributed by atoms with Crippen LogP contribution in [-0.4, -0.2) is 10.1 Å². The van der Waals surface area contributed by atoms with Crippen molar-refractivity contribution < 1.29 is 9.45 Å². The molecule has 1 aromatic carbocycles. The maximum absolute atomic E-state index is 10.7. The standard InChI is InChI=1S/C11H8N2O3/c1-2-8-3-4-9(13(14)15)7-10(8)11-5-6-16-12-11/h2-7H,1H2. The lowest BCUT2D eigenvalue weighted by molar-refractivity contribution is -0.384. The normalized spacial score (nSPS) is 10.0. The number of nitrogens with zero attached hydrogens (tertiary/aromatic N) is 2. The Labute approximate surface area is 91.1 Å². The fourth-order valence-electron chi connectivity index (χ4n) is 1.41. The molecule has 0 spiro atoms. The minimum absolute atomic E-state index is 0.0172. The molecule has 0 aliphatic rings. The summed E-state index contributed by atoms with van der Waals surface area (Å²) in [5.74, 6) is 0. The third-order valence-electron chi connectivity index (χ3n) is 2.18. The van der Waals surface area contributed by atoms with Crippen LogP contribution in [0.25, 0.3) is 17.3 Å². The van der Waals surface area contributed by atoms with E-state index in [2.05, 4.69) is 11.7 Å². The average molecular weight is 216 g/mol. The van der Waals surface area contributed by atoms with Crippen LogP contribution in [0.2, 0.25) is 0 Å². The van der Waals surface area contributed by atoms with Crippen LogP contribution in [0.15, 0.2) is 41.6 Å². The van der Waals surface area contributed by atoms with Crippen molar-refractivity contribution in [3.63, 3.8) is 0 Å². The Morgan fingerprint density at radius 2 is 2.25 bits per heavy atom. The van der Waals surface area contributed by atoms with Crippen LogP contribution in [0.1, 0.15) is 5.56 Å². The lowest BCUT2D eigenvalue weighted by atomic mass is 10.0. The summed E-state index contributed by atoms with van der Waals surface area (Å²) < 4.78 is 4.71. The summed E-state index contributed by atoms with van der Waals surface area (Å²) >= 11 is 0. The summed E-state index contributed by atoms with van der Waals surface area (Å²) in [6, 6.07) is 6.16. The molecule has 80 valence electrons. The topological polar surface area (TPSA) is 69.2 Å². The van der Waals surface area contributed by atoms with E-state index in [9.17, 15) is 10.1 Å². The molecule has 0 amide bonds. The molecule has 0 saturated heterocycles. The van der Waals surface area contributed by atoms with Crippen LogP contribution in [-0.2, 0) is 0 Å². The molecule has 0 atom stereocenters. The van der Waals surface area contributed by atoms with Crippen molar-refractivity contribution in [1.82, 2.24) is 5.16 Å². The van der Waals surface area contributed by atoms with Crippen molar-refractivity contribution in [2.75, 3.05) is 0 Å². The Hall–Kier alpha value is -2.43. The van der Waals surface area contributed by atoms with Gasteiger partial charge in [0.05, 0.1) is 4.92 Å². The van der Waals surface area contributed by atoms with E-state index in [1.165, 1.54) is 18.4 Å². The molecule has 0 saturated carbocycles. The van der Waals surface area contributed by atoms with E-state index >= 15 is 0 Å². The summed E-state index contributed by atoms with van der Waals surface area (Å²) in [7, 11) is 0. The number of hydrogen-bond acceptors (Lipinski definition) is 4. The van der Waals surface area contributed by atoms with Crippen molar-refractivity contribution in [1.29, 1.82) is 0 Å². The Kier molecular flexibility index (Phi) is 2.51. The maximum atomic E-state index is 10.7. The third kappa shape index (κ3) is 1.70. The van der Waals surface area contributed by atoms with Gasteiger partial charge in [0.25, 0.3) is 5.69 Å². The summed E-state index contributed by atoms with van der Waals surface area (Å²) in [4.78, 5) is 10.2. The molecular weight excluding hydrogens is 208 g/mol. The highest BCUT2D eigenvalue weighted by molar-refractivity contribution is 5.74. The molecule has 5 heteroatoms. The van der Waals surface area contributed by atoms with Gasteiger partial charge < -0.3 is 4.52 Å². The van der Waals surface area contributed by atoms with E-state index in [1.807, 2.05) is 0 Å². The van der Waals surface area contributed by atoms with Gasteiger partial charge >= 0.3 is 0 Å². The molecule has 2 aromatic rings. The first-order chi connectivity index (χ1) is 7.72. The molecule has 1 heterocycles. The second-order valence-electron chi connectivity index (χ2n) is 3.12. The van der Waals surface area contributed by atoms with Gasteiger partial charge in [-0.3, -0.25) is 10.1 Å². The van der Waals surface area contributed by atoms with Gasteiger partial charge in [0.15, 0.2) is 0 Å². The Morgan fingerprint density at radius 3 is 2.81 bits per heavy atom. The van der Waals surface area contributed by atoms with E-state index in [4.69, 9.17) is 4.52 Å². The van der Waals surface area contributed by atoms with E-state index in [0.29, 0.717) is 11.3 Å².